The van der Waals surface area contributed by atoms with Gasteiger partial charge in [-0.3, -0.25) is 67.1 Å². The van der Waals surface area contributed by atoms with Crippen LogP contribution in [0.2, 0.25) is 0 Å². The van der Waals surface area contributed by atoms with Crippen molar-refractivity contribution in [3.63, 3.8) is 0 Å². The number of ether oxygens (including phenoxy) is 4. The zero-order valence-corrected chi connectivity index (χ0v) is 60.1. The molecule has 2 amide bonds. The third kappa shape index (κ3) is 7.90. The first-order valence-corrected chi connectivity index (χ1v) is 37.6. The SMILES string of the molecule is CC(C(=O)OCC(=O)NC(CCC(=O)O)C(=O)O)(C(=O)OCC(=O)NC(CCC(=O)O)C(=O)O)C12CCc3cc4cc5c6c7c8c9c%10c%11c%12c(cc%13ccc1c1c%14c%15c%16c(c3C%152)c4c6c8c%16c%10c%14c%12c%131)C=C1CC2CC7(C=C5)C23C(C(=O)OCC(=O)CC(CCC(=O)O)C(=O)O)(C(=O)OCC(=O)CC(CCC(=O)O)C(=O)O)C93C1%11. The summed E-state index contributed by atoms with van der Waals surface area (Å²) in [6, 6.07) is 6.37. The Labute approximate surface area is 637 Å². The summed E-state index contributed by atoms with van der Waals surface area (Å²) in [7, 11) is 0. The van der Waals surface area contributed by atoms with Crippen LogP contribution in [-0.2, 0) is 118 Å². The number of carboxylic acids is 8. The summed E-state index contributed by atoms with van der Waals surface area (Å²) >= 11 is 0. The number of Topliss-reactive ketones (excluding diaryl/α,β-unsaturated/α-hetero) is 2. The molecule has 3 spiro atoms. The second-order valence-corrected chi connectivity index (χ2v) is 33.0. The van der Waals surface area contributed by atoms with Gasteiger partial charge in [-0.2, -0.15) is 0 Å². The largest absolute Gasteiger partial charge is 0.481 e. The summed E-state index contributed by atoms with van der Waals surface area (Å²) in [5, 5.41) is 96.5. The molecule has 20 rings (SSSR count). The van der Waals surface area contributed by atoms with Gasteiger partial charge < -0.3 is 70.4 Å². The average molecular weight is 1550 g/mol. The van der Waals surface area contributed by atoms with E-state index in [4.69, 9.17) is 18.9 Å². The van der Waals surface area contributed by atoms with E-state index < -0.39 is 260 Å². The lowest BCUT2D eigenvalue weighted by Crippen LogP contribution is -2.62. The van der Waals surface area contributed by atoms with Crippen molar-refractivity contribution in [2.75, 3.05) is 26.4 Å². The van der Waals surface area contributed by atoms with Gasteiger partial charge in [-0.25, -0.2) is 9.59 Å². The number of fused-ring (bicyclic) bond motifs is 1. The van der Waals surface area contributed by atoms with Crippen molar-refractivity contribution in [3.8, 4) is 0 Å². The number of benzene rings is 8. The molecule has 30 nitrogen and oxygen atoms in total. The van der Waals surface area contributed by atoms with Crippen LogP contribution in [0.5, 0.6) is 0 Å². The third-order valence-corrected chi connectivity index (χ3v) is 28.4. The average Bonchev–Trinajstić information content (AvgIpc) is 1.36. The Kier molecular flexibility index (Phi) is 14.1. The van der Waals surface area contributed by atoms with E-state index in [1.165, 1.54) is 6.92 Å². The van der Waals surface area contributed by atoms with Crippen molar-refractivity contribution in [1.29, 1.82) is 0 Å². The van der Waals surface area contributed by atoms with Gasteiger partial charge in [-0.05, 0) is 223 Å². The van der Waals surface area contributed by atoms with E-state index >= 15 is 19.2 Å². The molecule has 578 valence electrons. The van der Waals surface area contributed by atoms with Gasteiger partial charge in [0.25, 0.3) is 11.8 Å². The fraction of sp³-hybridized carbons (Fsp3) is 0.381. The van der Waals surface area contributed by atoms with Crippen molar-refractivity contribution >= 4 is 204 Å². The number of carboxylic acid groups (broad SMARTS) is 8. The molecular weight excluding hydrogens is 1480 g/mol. The molecule has 10 aromatic carbocycles. The van der Waals surface area contributed by atoms with E-state index in [9.17, 15) is 98.4 Å². The molecule has 11 unspecified atom stereocenters. The summed E-state index contributed by atoms with van der Waals surface area (Å²) in [5.41, 5.74) is -4.34. The van der Waals surface area contributed by atoms with Crippen molar-refractivity contribution in [1.82, 2.24) is 10.6 Å². The minimum Gasteiger partial charge on any atom is -0.481 e. The molecular formula is C84H64N2O28. The summed E-state index contributed by atoms with van der Waals surface area (Å²) in [5.74, 6) is -26.5. The molecule has 10 N–H and O–H groups in total. The summed E-state index contributed by atoms with van der Waals surface area (Å²) < 4.78 is 24.7. The second-order valence-electron chi connectivity index (χ2n) is 33.0. The van der Waals surface area contributed by atoms with Crippen molar-refractivity contribution in [3.05, 3.63) is 92.1 Å². The first-order chi connectivity index (χ1) is 54.3. The number of hydrogen-bond donors (Lipinski definition) is 10. The highest BCUT2D eigenvalue weighted by Crippen LogP contribution is 3.03. The van der Waals surface area contributed by atoms with E-state index in [0.717, 1.165) is 120 Å². The van der Waals surface area contributed by atoms with Crippen LogP contribution in [0.15, 0.2) is 42.0 Å². The van der Waals surface area contributed by atoms with Crippen LogP contribution in [-0.4, -0.2) is 174 Å². The zero-order chi connectivity index (χ0) is 80.1. The smallest absolute Gasteiger partial charge is 0.326 e. The molecule has 10 aliphatic rings. The van der Waals surface area contributed by atoms with E-state index in [1.807, 2.05) is 24.3 Å². The highest BCUT2D eigenvalue weighted by molar-refractivity contribution is 6.56. The van der Waals surface area contributed by atoms with Gasteiger partial charge in [0, 0.05) is 72.0 Å². The van der Waals surface area contributed by atoms with E-state index in [2.05, 4.69) is 34.9 Å². The van der Waals surface area contributed by atoms with Gasteiger partial charge in [0.05, 0.1) is 11.8 Å². The van der Waals surface area contributed by atoms with Gasteiger partial charge in [-0.1, -0.05) is 42.0 Å². The summed E-state index contributed by atoms with van der Waals surface area (Å²) in [4.78, 5) is 220. The molecule has 0 aromatic heterocycles. The molecule has 0 bridgehead atoms. The topological polar surface area (TPSA) is 496 Å². The number of rotatable bonds is 35. The molecule has 0 saturated heterocycles. The summed E-state index contributed by atoms with van der Waals surface area (Å²) in [6.07, 6.45) is 0.675. The Morgan fingerprint density at radius 1 is 0.491 bits per heavy atom. The molecule has 10 aliphatic carbocycles. The van der Waals surface area contributed by atoms with Gasteiger partial charge >= 0.3 is 71.6 Å². The molecule has 3 fully saturated rings. The Morgan fingerprint density at radius 3 is 1.55 bits per heavy atom. The number of carbonyl (C=O) groups is 16. The standard InChI is InChI=1S/C84H64N2O28/c1-79(75(107)113-26-42(89)85-40(73(103)104)6-10-46(95)96,76(108)114-27-43(90)86-41(74(105)106)7-11-47(97)98)81-15-13-30-18-33-17-29-12-14-80-23-36-20-35-19-34-16-28-2-5-39(81)53-48(28)54-50(34)63-65-61-58(54)57(53)64-60-56(52(30)69(64)81)49(33)55-51(29)68(80)66(62(55)59(60)61)70(65)82(67(35)63)83(84(36,80)82,77(109)111-24-37(87)21-31(71(99)100)3-8-44(91)92)78(110)112-25-38(88)22-32(72(101)102)4-9-45(93)94/h2,5,12,14,16-19,31-32,36,40-41,67,69H,3-4,6-11,13,15,20-27H2,1H3,(H,85,89)(H,86,90)(H,91,92)(H,93,94)(H,95,96)(H,97,98)(H,99,100)(H,101,102)(H,103,104)(H,105,106). The molecule has 0 radical (unpaired) electrons. The monoisotopic (exact) mass is 1550 g/mol. The Hall–Kier alpha value is -12.8. The normalized spacial score (nSPS) is 25.1. The van der Waals surface area contributed by atoms with Crippen LogP contribution in [0.4, 0.5) is 0 Å². The van der Waals surface area contributed by atoms with Crippen LogP contribution in [0.25, 0.3) is 109 Å². The van der Waals surface area contributed by atoms with Crippen molar-refractivity contribution in [2.45, 2.75) is 137 Å². The first kappa shape index (κ1) is 70.4. The predicted molar refractivity (Wildman–Crippen MR) is 393 cm³/mol. The third-order valence-electron chi connectivity index (χ3n) is 28.4. The van der Waals surface area contributed by atoms with E-state index in [1.54, 1.807) is 0 Å². The minimum absolute atomic E-state index is 0.0503. The Morgan fingerprint density at radius 2 is 0.991 bits per heavy atom. The van der Waals surface area contributed by atoms with Crippen LogP contribution < -0.4 is 10.6 Å². The van der Waals surface area contributed by atoms with Crippen molar-refractivity contribution in [2.24, 2.45) is 34.0 Å². The number of aliphatic carboxylic acids is 8. The van der Waals surface area contributed by atoms with Gasteiger partial charge in [0.2, 0.25) is 0 Å². The predicted octanol–water partition coefficient (Wildman–Crippen LogP) is 7.41. The Balaban J connectivity index is 0.835. The second kappa shape index (κ2) is 22.8. The number of aryl methyl sites for hydroxylation is 1. The maximum absolute atomic E-state index is 17.0. The highest BCUT2D eigenvalue weighted by atomic mass is 16.6. The fourth-order valence-electron chi connectivity index (χ4n) is 25.1. The zero-order valence-electron chi connectivity index (χ0n) is 60.1. The number of allylic oxidation sites excluding steroid dienone is 2. The number of ketones is 2. The molecule has 10 aromatic rings. The van der Waals surface area contributed by atoms with E-state index in [-0.39, 0.29) is 19.3 Å². The van der Waals surface area contributed by atoms with Gasteiger partial charge in [-0.15, -0.1) is 0 Å². The van der Waals surface area contributed by atoms with Crippen LogP contribution in [0.1, 0.15) is 152 Å². The van der Waals surface area contributed by atoms with Gasteiger partial charge in [0.1, 0.15) is 25.3 Å². The van der Waals surface area contributed by atoms with Crippen LogP contribution in [0, 0.1) is 34.0 Å². The molecule has 114 heavy (non-hydrogen) atoms. The number of amides is 2. The molecule has 3 saturated carbocycles. The number of hydrogen-bond acceptors (Lipinski definition) is 20. The fourth-order valence-corrected chi connectivity index (χ4v) is 25.1. The molecule has 11 atom stereocenters. The minimum atomic E-state index is -2.68. The highest BCUT2D eigenvalue weighted by Gasteiger charge is 3.08. The maximum Gasteiger partial charge on any atom is 0.326 e. The number of nitrogens with one attached hydrogen (secondary N) is 2. The molecule has 0 heterocycles. The lowest BCUT2D eigenvalue weighted by Gasteiger charge is -2.64. The van der Waals surface area contributed by atoms with Crippen LogP contribution >= 0.6 is 0 Å². The Bertz CT molecular complexity index is 6340. The van der Waals surface area contributed by atoms with Crippen molar-refractivity contribution < 1.29 is 137 Å². The lowest BCUT2D eigenvalue weighted by atomic mass is 9.38. The maximum atomic E-state index is 17.0. The molecule has 0 aliphatic heterocycles. The van der Waals surface area contributed by atoms with E-state index in [0.29, 0.717) is 39.3 Å². The van der Waals surface area contributed by atoms with Crippen LogP contribution in [0.3, 0.4) is 0 Å². The first-order valence-electron chi connectivity index (χ1n) is 37.6. The number of carbonyl (C=O) groups excluding carboxylic acids is 8. The van der Waals surface area contributed by atoms with Gasteiger partial charge in [0.15, 0.2) is 35.6 Å². The quantitative estimate of drug-likeness (QED) is 0.00607. The number of esters is 4. The summed E-state index contributed by atoms with van der Waals surface area (Å²) in [6.45, 7) is -3.33. The molecule has 30 heteroatoms. The lowest BCUT2D eigenvalue weighted by molar-refractivity contribution is -0.181.